The molecule has 0 fully saturated rings. The van der Waals surface area contributed by atoms with E-state index >= 15 is 0 Å². The van der Waals surface area contributed by atoms with E-state index in [4.69, 9.17) is 5.11 Å². The van der Waals surface area contributed by atoms with Crippen LogP contribution in [-0.4, -0.2) is 17.4 Å². The van der Waals surface area contributed by atoms with Crippen LogP contribution >= 0.6 is 22.7 Å². The first-order valence-electron chi connectivity index (χ1n) is 4.06. The normalized spacial score (nSPS) is 10.1. The quantitative estimate of drug-likeness (QED) is 0.836. The molecule has 2 aromatic rings. The third kappa shape index (κ3) is 1.71. The minimum atomic E-state index is -0.962. The molecule has 0 aliphatic rings. The van der Waals surface area contributed by atoms with Crippen molar-refractivity contribution in [2.75, 3.05) is 0 Å². The number of carboxylic acids is 1. The highest BCUT2D eigenvalue weighted by Crippen LogP contribution is 2.33. The zero-order chi connectivity index (χ0) is 10.8. The maximum Gasteiger partial charge on any atom is 0.337 e. The summed E-state index contributed by atoms with van der Waals surface area (Å²) in [5.41, 5.74) is 1.43. The van der Waals surface area contributed by atoms with Crippen LogP contribution in [0.5, 0.6) is 0 Å². The Balaban J connectivity index is 2.58. The molecule has 1 N–H and O–H groups in total. The highest BCUT2D eigenvalue weighted by atomic mass is 32.1. The van der Waals surface area contributed by atoms with Gasteiger partial charge >= 0.3 is 5.97 Å². The van der Waals surface area contributed by atoms with Crippen LogP contribution < -0.4 is 0 Å². The zero-order valence-electron chi connectivity index (χ0n) is 7.47. The molecule has 2 rings (SSSR count). The van der Waals surface area contributed by atoms with Crippen LogP contribution in [0, 0.1) is 0 Å². The average molecular weight is 238 g/mol. The predicted octanol–water partition coefficient (Wildman–Crippen LogP) is 2.99. The summed E-state index contributed by atoms with van der Waals surface area (Å²) in [5, 5.41) is 14.0. The van der Waals surface area contributed by atoms with Gasteiger partial charge in [-0.15, -0.1) is 11.3 Å². The number of hydrogen-bond acceptors (Lipinski definition) is 4. The molecule has 0 saturated carbocycles. The van der Waals surface area contributed by atoms with Crippen LogP contribution in [0.25, 0.3) is 10.4 Å². The number of carbonyl (C=O) groups is 2. The van der Waals surface area contributed by atoms with Gasteiger partial charge in [-0.3, -0.25) is 4.79 Å². The average Bonchev–Trinajstić information content (AvgIpc) is 2.85. The van der Waals surface area contributed by atoms with Crippen LogP contribution in [0.1, 0.15) is 20.7 Å². The predicted molar refractivity (Wildman–Crippen MR) is 60.0 cm³/mol. The van der Waals surface area contributed by atoms with E-state index in [1.165, 1.54) is 22.7 Å². The molecular formula is C10H6O3S2. The third-order valence-electron chi connectivity index (χ3n) is 1.96. The third-order valence-corrected chi connectivity index (χ3v) is 3.67. The summed E-state index contributed by atoms with van der Waals surface area (Å²) in [6.45, 7) is 0. The van der Waals surface area contributed by atoms with E-state index in [1.54, 1.807) is 22.2 Å². The molecule has 0 bridgehead atoms. The number of rotatable bonds is 3. The monoisotopic (exact) mass is 238 g/mol. The molecule has 0 spiro atoms. The molecule has 76 valence electrons. The topological polar surface area (TPSA) is 54.4 Å². The second kappa shape index (κ2) is 3.96. The molecular weight excluding hydrogens is 232 g/mol. The van der Waals surface area contributed by atoms with Crippen molar-refractivity contribution in [1.29, 1.82) is 0 Å². The molecule has 0 saturated heterocycles. The van der Waals surface area contributed by atoms with E-state index in [-0.39, 0.29) is 5.56 Å². The van der Waals surface area contributed by atoms with Crippen molar-refractivity contribution >= 4 is 34.9 Å². The maximum absolute atomic E-state index is 10.9. The van der Waals surface area contributed by atoms with Crippen LogP contribution in [0.4, 0.5) is 0 Å². The highest BCUT2D eigenvalue weighted by molar-refractivity contribution is 7.14. The van der Waals surface area contributed by atoms with Crippen molar-refractivity contribution < 1.29 is 14.7 Å². The zero-order valence-corrected chi connectivity index (χ0v) is 9.10. The Hall–Kier alpha value is -1.46. The van der Waals surface area contributed by atoms with Crippen molar-refractivity contribution in [3.8, 4) is 10.4 Å². The smallest absolute Gasteiger partial charge is 0.337 e. The summed E-state index contributed by atoms with van der Waals surface area (Å²) in [7, 11) is 0. The lowest BCUT2D eigenvalue weighted by Crippen LogP contribution is -1.95. The van der Waals surface area contributed by atoms with Gasteiger partial charge in [-0.05, 0) is 11.4 Å². The molecule has 0 amide bonds. The fourth-order valence-corrected chi connectivity index (χ4v) is 3.06. The summed E-state index contributed by atoms with van der Waals surface area (Å²) >= 11 is 2.70. The van der Waals surface area contributed by atoms with Gasteiger partial charge < -0.3 is 5.11 Å². The van der Waals surface area contributed by atoms with E-state index in [1.807, 2.05) is 0 Å². The van der Waals surface area contributed by atoms with Gasteiger partial charge in [-0.25, -0.2) is 4.79 Å². The first-order chi connectivity index (χ1) is 7.24. The summed E-state index contributed by atoms with van der Waals surface area (Å²) < 4.78 is 0. The van der Waals surface area contributed by atoms with E-state index < -0.39 is 5.97 Å². The molecule has 3 nitrogen and oxygen atoms in total. The van der Waals surface area contributed by atoms with Crippen LogP contribution in [0.3, 0.4) is 0 Å². The van der Waals surface area contributed by atoms with Crippen LogP contribution in [0.15, 0.2) is 22.2 Å². The maximum atomic E-state index is 10.9. The molecule has 0 aliphatic heterocycles. The highest BCUT2D eigenvalue weighted by Gasteiger charge is 2.16. The van der Waals surface area contributed by atoms with Gasteiger partial charge in [-0.1, -0.05) is 0 Å². The second-order valence-electron chi connectivity index (χ2n) is 2.83. The van der Waals surface area contributed by atoms with E-state index in [9.17, 15) is 9.59 Å². The first kappa shape index (κ1) is 10.1. The molecule has 0 radical (unpaired) electrons. The molecule has 15 heavy (non-hydrogen) atoms. The van der Waals surface area contributed by atoms with Crippen LogP contribution in [0.2, 0.25) is 0 Å². The lowest BCUT2D eigenvalue weighted by Gasteiger charge is -1.97. The van der Waals surface area contributed by atoms with Crippen LogP contribution in [-0.2, 0) is 0 Å². The fraction of sp³-hybridized carbons (Fsp3) is 0. The minimum absolute atomic E-state index is 0.255. The lowest BCUT2D eigenvalue weighted by molar-refractivity contribution is 0.0698. The van der Waals surface area contributed by atoms with E-state index in [0.717, 1.165) is 11.2 Å². The number of thiophene rings is 2. The Morgan fingerprint density at radius 1 is 1.40 bits per heavy atom. The van der Waals surface area contributed by atoms with Gasteiger partial charge in [0.05, 0.1) is 5.56 Å². The molecule has 0 unspecified atom stereocenters. The van der Waals surface area contributed by atoms with Gasteiger partial charge in [0.15, 0.2) is 6.29 Å². The van der Waals surface area contributed by atoms with Crippen molar-refractivity contribution in [3.63, 3.8) is 0 Å². The first-order valence-corrected chi connectivity index (χ1v) is 5.89. The van der Waals surface area contributed by atoms with Gasteiger partial charge in [-0.2, -0.15) is 11.3 Å². The van der Waals surface area contributed by atoms with Gasteiger partial charge in [0.2, 0.25) is 0 Å². The second-order valence-corrected chi connectivity index (χ2v) is 4.49. The summed E-state index contributed by atoms with van der Waals surface area (Å²) in [6.07, 6.45) is 0.745. The number of carboxylic acid groups (broad SMARTS) is 1. The summed E-state index contributed by atoms with van der Waals surface area (Å²) in [6, 6.07) is 1.69. The largest absolute Gasteiger partial charge is 0.478 e. The summed E-state index contributed by atoms with van der Waals surface area (Å²) in [4.78, 5) is 22.4. The lowest BCUT2D eigenvalue weighted by atomic mass is 10.1. The van der Waals surface area contributed by atoms with E-state index in [2.05, 4.69) is 0 Å². The Morgan fingerprint density at radius 2 is 2.20 bits per heavy atom. The number of aldehydes is 1. The van der Waals surface area contributed by atoms with Crippen molar-refractivity contribution in [1.82, 2.24) is 0 Å². The standard InChI is InChI=1S/C10H6O3S2/c11-3-6-1-2-15-9(6)7-4-14-5-8(7)10(12)13/h1-5H,(H,12,13). The molecule has 5 heteroatoms. The van der Waals surface area contributed by atoms with E-state index in [0.29, 0.717) is 11.1 Å². The molecule has 0 aliphatic carbocycles. The number of carbonyl (C=O) groups excluding carboxylic acids is 1. The Morgan fingerprint density at radius 3 is 2.87 bits per heavy atom. The SMILES string of the molecule is O=Cc1ccsc1-c1cscc1C(=O)O. The molecule has 2 aromatic heterocycles. The van der Waals surface area contributed by atoms with Gasteiger partial charge in [0.1, 0.15) is 0 Å². The van der Waals surface area contributed by atoms with Crippen molar-refractivity contribution in [2.24, 2.45) is 0 Å². The Bertz CT molecular complexity index is 510. The number of hydrogen-bond donors (Lipinski definition) is 1. The Kier molecular flexibility index (Phi) is 2.66. The summed E-state index contributed by atoms with van der Waals surface area (Å²) in [5.74, 6) is -0.962. The molecule has 2 heterocycles. The Labute approximate surface area is 93.6 Å². The van der Waals surface area contributed by atoms with Crippen molar-refractivity contribution in [3.05, 3.63) is 33.3 Å². The van der Waals surface area contributed by atoms with Gasteiger partial charge in [0, 0.05) is 26.8 Å². The molecule has 0 aromatic carbocycles. The minimum Gasteiger partial charge on any atom is -0.478 e. The number of aromatic carboxylic acids is 1. The molecule has 0 atom stereocenters. The van der Waals surface area contributed by atoms with Gasteiger partial charge in [0.25, 0.3) is 0 Å². The van der Waals surface area contributed by atoms with Crippen molar-refractivity contribution in [2.45, 2.75) is 0 Å². The fourth-order valence-electron chi connectivity index (χ4n) is 1.27.